The predicted molar refractivity (Wildman–Crippen MR) is 63.8 cm³/mol. The van der Waals surface area contributed by atoms with Gasteiger partial charge in [-0.15, -0.1) is 0 Å². The van der Waals surface area contributed by atoms with Crippen molar-refractivity contribution in [3.8, 4) is 5.75 Å². The van der Waals surface area contributed by atoms with Crippen LogP contribution in [-0.4, -0.2) is 25.1 Å². The summed E-state index contributed by atoms with van der Waals surface area (Å²) in [7, 11) is 0. The third-order valence-corrected chi connectivity index (χ3v) is 3.39. The van der Waals surface area contributed by atoms with Gasteiger partial charge in [0.25, 0.3) is 0 Å². The number of rotatable bonds is 2. The number of nitrogens with one attached hydrogen (secondary N) is 2. The van der Waals surface area contributed by atoms with Crippen LogP contribution in [0.2, 0.25) is 0 Å². The first-order valence-corrected chi connectivity index (χ1v) is 6.10. The quantitative estimate of drug-likeness (QED) is 0.799. The molecule has 1 aromatic rings. The number of amides is 1. The summed E-state index contributed by atoms with van der Waals surface area (Å²) in [5.41, 5.74) is 1.08. The lowest BCUT2D eigenvalue weighted by molar-refractivity contribution is -0.123. The van der Waals surface area contributed by atoms with Crippen LogP contribution < -0.4 is 15.4 Å². The molecule has 0 spiro atoms. The molecule has 0 radical (unpaired) electrons. The van der Waals surface area contributed by atoms with Crippen LogP contribution in [0.4, 0.5) is 0 Å². The molecule has 90 valence electrons. The summed E-state index contributed by atoms with van der Waals surface area (Å²) < 4.78 is 5.54. The zero-order valence-corrected chi connectivity index (χ0v) is 9.61. The highest BCUT2D eigenvalue weighted by Gasteiger charge is 2.29. The van der Waals surface area contributed by atoms with Gasteiger partial charge >= 0.3 is 0 Å². The van der Waals surface area contributed by atoms with Crippen molar-refractivity contribution in [2.75, 3.05) is 13.2 Å². The molecule has 2 N–H and O–H groups in total. The number of hydrogen-bond donors (Lipinski definition) is 2. The molecular formula is C13H16N2O2. The summed E-state index contributed by atoms with van der Waals surface area (Å²) in [4.78, 5) is 12.0. The van der Waals surface area contributed by atoms with Crippen molar-refractivity contribution in [2.24, 2.45) is 0 Å². The van der Waals surface area contributed by atoms with Crippen LogP contribution in [0, 0.1) is 0 Å². The van der Waals surface area contributed by atoms with E-state index in [0.29, 0.717) is 6.61 Å². The minimum atomic E-state index is -0.0252. The summed E-state index contributed by atoms with van der Waals surface area (Å²) in [6.45, 7) is 1.48. The van der Waals surface area contributed by atoms with Crippen molar-refractivity contribution in [3.63, 3.8) is 0 Å². The van der Waals surface area contributed by atoms with Gasteiger partial charge in [-0.05, 0) is 25.5 Å². The lowest BCUT2D eigenvalue weighted by Gasteiger charge is -2.15. The van der Waals surface area contributed by atoms with E-state index >= 15 is 0 Å². The van der Waals surface area contributed by atoms with Gasteiger partial charge in [0.2, 0.25) is 5.91 Å². The molecule has 3 rings (SSSR count). The summed E-state index contributed by atoms with van der Waals surface area (Å²) in [6, 6.07) is 7.84. The Bertz CT molecular complexity index is 427. The molecule has 17 heavy (non-hydrogen) atoms. The normalized spacial score (nSPS) is 26.4. The molecule has 2 aliphatic rings. The Kier molecular flexibility index (Phi) is 2.73. The third kappa shape index (κ3) is 2.00. The number of benzene rings is 1. The SMILES string of the molecule is O=C(NC1COc2ccccc21)C1CCCN1. The van der Waals surface area contributed by atoms with Crippen molar-refractivity contribution >= 4 is 5.91 Å². The van der Waals surface area contributed by atoms with E-state index in [9.17, 15) is 4.79 Å². The number of hydrogen-bond acceptors (Lipinski definition) is 3. The molecular weight excluding hydrogens is 216 g/mol. The Hall–Kier alpha value is -1.55. The highest BCUT2D eigenvalue weighted by Crippen LogP contribution is 2.31. The minimum Gasteiger partial charge on any atom is -0.491 e. The van der Waals surface area contributed by atoms with Gasteiger partial charge in [0, 0.05) is 5.56 Å². The topological polar surface area (TPSA) is 50.4 Å². The molecule has 0 saturated carbocycles. The standard InChI is InChI=1S/C13H16N2O2/c16-13(10-5-3-7-14-10)15-11-8-17-12-6-2-1-4-9(11)12/h1-2,4,6,10-11,14H,3,5,7-8H2,(H,15,16). The molecule has 2 unspecified atom stereocenters. The predicted octanol–water partition coefficient (Wildman–Crippen LogP) is 0.988. The molecule has 2 heterocycles. The van der Waals surface area contributed by atoms with Crippen LogP contribution in [0.25, 0.3) is 0 Å². The molecule has 2 aliphatic heterocycles. The number of carbonyl (C=O) groups excluding carboxylic acids is 1. The van der Waals surface area contributed by atoms with E-state index < -0.39 is 0 Å². The van der Waals surface area contributed by atoms with Gasteiger partial charge in [-0.2, -0.15) is 0 Å². The zero-order valence-electron chi connectivity index (χ0n) is 9.61. The van der Waals surface area contributed by atoms with Crippen molar-refractivity contribution in [3.05, 3.63) is 29.8 Å². The first-order valence-electron chi connectivity index (χ1n) is 6.10. The maximum Gasteiger partial charge on any atom is 0.237 e. The fourth-order valence-corrected chi connectivity index (χ4v) is 2.46. The van der Waals surface area contributed by atoms with Crippen molar-refractivity contribution in [1.29, 1.82) is 0 Å². The van der Waals surface area contributed by atoms with Crippen molar-refractivity contribution in [2.45, 2.75) is 24.9 Å². The van der Waals surface area contributed by atoms with Crippen molar-refractivity contribution < 1.29 is 9.53 Å². The second-order valence-electron chi connectivity index (χ2n) is 4.56. The Labute approximate surface area is 100 Å². The largest absolute Gasteiger partial charge is 0.491 e. The fourth-order valence-electron chi connectivity index (χ4n) is 2.46. The van der Waals surface area contributed by atoms with Gasteiger partial charge < -0.3 is 15.4 Å². The van der Waals surface area contributed by atoms with Gasteiger partial charge in [-0.1, -0.05) is 18.2 Å². The third-order valence-electron chi connectivity index (χ3n) is 3.39. The van der Waals surface area contributed by atoms with E-state index in [0.717, 1.165) is 30.7 Å². The lowest BCUT2D eigenvalue weighted by Crippen LogP contribution is -2.42. The number of fused-ring (bicyclic) bond motifs is 1. The van der Waals surface area contributed by atoms with Crippen LogP contribution in [0.3, 0.4) is 0 Å². The molecule has 0 bridgehead atoms. The van der Waals surface area contributed by atoms with Gasteiger partial charge in [-0.25, -0.2) is 0 Å². The first-order chi connectivity index (χ1) is 8.34. The molecule has 2 atom stereocenters. The van der Waals surface area contributed by atoms with Gasteiger partial charge in [-0.3, -0.25) is 4.79 Å². The van der Waals surface area contributed by atoms with E-state index in [-0.39, 0.29) is 18.0 Å². The van der Waals surface area contributed by atoms with Crippen LogP contribution in [-0.2, 0) is 4.79 Å². The van der Waals surface area contributed by atoms with E-state index in [4.69, 9.17) is 4.74 Å². The molecule has 0 aliphatic carbocycles. The first kappa shape index (κ1) is 10.6. The monoisotopic (exact) mass is 232 g/mol. The van der Waals surface area contributed by atoms with E-state index in [2.05, 4.69) is 10.6 Å². The molecule has 1 aromatic carbocycles. The molecule has 0 aromatic heterocycles. The van der Waals surface area contributed by atoms with Gasteiger partial charge in [0.05, 0.1) is 12.1 Å². The highest BCUT2D eigenvalue weighted by atomic mass is 16.5. The molecule has 1 amide bonds. The Morgan fingerprint density at radius 3 is 3.12 bits per heavy atom. The highest BCUT2D eigenvalue weighted by molar-refractivity contribution is 5.82. The summed E-state index contributed by atoms with van der Waals surface area (Å²) in [6.07, 6.45) is 2.01. The minimum absolute atomic E-state index is 0.00102. The van der Waals surface area contributed by atoms with E-state index in [1.165, 1.54) is 0 Å². The van der Waals surface area contributed by atoms with Crippen LogP contribution in [0.5, 0.6) is 5.75 Å². The molecule has 4 heteroatoms. The molecule has 1 saturated heterocycles. The maximum absolute atomic E-state index is 12.0. The average Bonchev–Trinajstić information content (AvgIpc) is 2.98. The van der Waals surface area contributed by atoms with E-state index in [1.807, 2.05) is 24.3 Å². The van der Waals surface area contributed by atoms with Crippen LogP contribution >= 0.6 is 0 Å². The van der Waals surface area contributed by atoms with Crippen molar-refractivity contribution in [1.82, 2.24) is 10.6 Å². The second kappa shape index (κ2) is 4.37. The maximum atomic E-state index is 12.0. The number of para-hydroxylation sites is 1. The smallest absolute Gasteiger partial charge is 0.237 e. The summed E-state index contributed by atoms with van der Waals surface area (Å²) in [5.74, 6) is 0.977. The van der Waals surface area contributed by atoms with E-state index in [1.54, 1.807) is 0 Å². The average molecular weight is 232 g/mol. The summed E-state index contributed by atoms with van der Waals surface area (Å²) >= 11 is 0. The summed E-state index contributed by atoms with van der Waals surface area (Å²) in [5, 5.41) is 6.25. The Morgan fingerprint density at radius 2 is 2.29 bits per heavy atom. The Morgan fingerprint density at radius 1 is 1.41 bits per heavy atom. The van der Waals surface area contributed by atoms with Gasteiger partial charge in [0.1, 0.15) is 12.4 Å². The number of carbonyl (C=O) groups is 1. The van der Waals surface area contributed by atoms with Gasteiger partial charge in [0.15, 0.2) is 0 Å². The van der Waals surface area contributed by atoms with Crippen LogP contribution in [0.1, 0.15) is 24.4 Å². The zero-order chi connectivity index (χ0) is 11.7. The number of ether oxygens (including phenoxy) is 1. The van der Waals surface area contributed by atoms with Crippen LogP contribution in [0.15, 0.2) is 24.3 Å². The lowest BCUT2D eigenvalue weighted by atomic mass is 10.1. The second-order valence-corrected chi connectivity index (χ2v) is 4.56. The fraction of sp³-hybridized carbons (Fsp3) is 0.462. The Balaban J connectivity index is 1.68. The molecule has 4 nitrogen and oxygen atoms in total. The molecule has 1 fully saturated rings.